The summed E-state index contributed by atoms with van der Waals surface area (Å²) in [5, 5.41) is 3.60. The summed E-state index contributed by atoms with van der Waals surface area (Å²) in [6.45, 7) is 2.97. The number of alkyl halides is 3. The predicted molar refractivity (Wildman–Crippen MR) is 82.2 cm³/mol. The number of rotatable bonds is 4. The van der Waals surface area contributed by atoms with Crippen LogP contribution < -0.4 is 5.73 Å². The molecule has 23 heavy (non-hydrogen) atoms. The van der Waals surface area contributed by atoms with Crippen molar-refractivity contribution in [3.63, 3.8) is 0 Å². The number of aromatic nitrogens is 2. The molecular formula is C14H22ClF3N4O. The molecular weight excluding hydrogens is 333 g/mol. The van der Waals surface area contributed by atoms with Gasteiger partial charge in [-0.15, -0.1) is 12.4 Å². The van der Waals surface area contributed by atoms with E-state index in [-0.39, 0.29) is 24.4 Å². The van der Waals surface area contributed by atoms with Gasteiger partial charge in [0.1, 0.15) is 0 Å². The molecule has 1 aliphatic heterocycles. The molecule has 0 aliphatic carbocycles. The first-order chi connectivity index (χ1) is 10.3. The Bertz CT molecular complexity index is 512. The van der Waals surface area contributed by atoms with E-state index in [2.05, 4.69) is 5.10 Å². The third kappa shape index (κ3) is 4.84. The van der Waals surface area contributed by atoms with E-state index in [1.807, 2.05) is 6.92 Å². The van der Waals surface area contributed by atoms with Gasteiger partial charge in [0.25, 0.3) is 0 Å². The van der Waals surface area contributed by atoms with E-state index in [9.17, 15) is 18.0 Å². The first-order valence-corrected chi connectivity index (χ1v) is 7.49. The minimum absolute atomic E-state index is 0. The summed E-state index contributed by atoms with van der Waals surface area (Å²) < 4.78 is 39.0. The van der Waals surface area contributed by atoms with Gasteiger partial charge in [-0.1, -0.05) is 13.3 Å². The second kappa shape index (κ2) is 8.01. The van der Waals surface area contributed by atoms with Crippen LogP contribution in [0.25, 0.3) is 0 Å². The van der Waals surface area contributed by atoms with Crippen molar-refractivity contribution in [1.82, 2.24) is 14.7 Å². The van der Waals surface area contributed by atoms with Crippen molar-refractivity contribution in [2.75, 3.05) is 13.1 Å². The first kappa shape index (κ1) is 19.8. The monoisotopic (exact) mass is 354 g/mol. The zero-order valence-corrected chi connectivity index (χ0v) is 13.7. The zero-order valence-electron chi connectivity index (χ0n) is 12.9. The van der Waals surface area contributed by atoms with Crippen LogP contribution in [0.2, 0.25) is 0 Å². The minimum atomic E-state index is -4.42. The fourth-order valence-corrected chi connectivity index (χ4v) is 2.71. The van der Waals surface area contributed by atoms with E-state index >= 15 is 0 Å². The number of likely N-dealkylation sites (tertiary alicyclic amines) is 1. The maximum absolute atomic E-state index is 12.6. The Morgan fingerprint density at radius 3 is 2.52 bits per heavy atom. The molecule has 0 radical (unpaired) electrons. The maximum atomic E-state index is 12.6. The summed E-state index contributed by atoms with van der Waals surface area (Å²) in [5.74, 6) is -0.0725. The molecule has 0 bridgehead atoms. The average Bonchev–Trinajstić information content (AvgIpc) is 2.97. The fraction of sp³-hybridized carbons (Fsp3) is 0.714. The molecule has 1 atom stereocenters. The molecule has 0 spiro atoms. The highest BCUT2D eigenvalue weighted by atomic mass is 35.5. The highest BCUT2D eigenvalue weighted by Crippen LogP contribution is 2.29. The van der Waals surface area contributed by atoms with Crippen molar-refractivity contribution in [2.45, 2.75) is 50.9 Å². The Balaban J connectivity index is 0.00000264. The van der Waals surface area contributed by atoms with Crippen molar-refractivity contribution in [3.05, 3.63) is 18.0 Å². The number of hydrogen-bond donors (Lipinski definition) is 1. The van der Waals surface area contributed by atoms with E-state index in [0.29, 0.717) is 32.4 Å². The van der Waals surface area contributed by atoms with Gasteiger partial charge >= 0.3 is 6.18 Å². The van der Waals surface area contributed by atoms with Crippen molar-refractivity contribution in [1.29, 1.82) is 0 Å². The molecule has 9 heteroatoms. The molecule has 1 fully saturated rings. The van der Waals surface area contributed by atoms with Crippen molar-refractivity contribution in [2.24, 2.45) is 5.73 Å². The number of amides is 1. The van der Waals surface area contributed by atoms with Crippen molar-refractivity contribution >= 4 is 18.3 Å². The molecule has 1 amide bonds. The molecule has 2 heterocycles. The lowest BCUT2D eigenvalue weighted by molar-refractivity contribution is -0.141. The molecule has 1 aromatic heterocycles. The van der Waals surface area contributed by atoms with Crippen molar-refractivity contribution < 1.29 is 18.0 Å². The summed E-state index contributed by atoms with van der Waals surface area (Å²) in [7, 11) is 0. The fourth-order valence-electron chi connectivity index (χ4n) is 2.71. The number of piperidine rings is 1. The van der Waals surface area contributed by atoms with Gasteiger partial charge < -0.3 is 10.6 Å². The third-order valence-electron chi connectivity index (χ3n) is 3.97. The van der Waals surface area contributed by atoms with E-state index in [0.717, 1.165) is 12.5 Å². The van der Waals surface area contributed by atoms with Crippen LogP contribution in [0.15, 0.2) is 12.3 Å². The molecule has 2 rings (SSSR count). The molecule has 1 aliphatic rings. The zero-order chi connectivity index (χ0) is 16.3. The van der Waals surface area contributed by atoms with Gasteiger partial charge in [0, 0.05) is 19.3 Å². The third-order valence-corrected chi connectivity index (χ3v) is 3.97. The number of hydrogen-bond acceptors (Lipinski definition) is 3. The van der Waals surface area contributed by atoms with Gasteiger partial charge in [-0.3, -0.25) is 9.48 Å². The summed E-state index contributed by atoms with van der Waals surface area (Å²) in [6, 6.07) is 0.389. The lowest BCUT2D eigenvalue weighted by Crippen LogP contribution is -2.47. The van der Waals surface area contributed by atoms with Gasteiger partial charge in [0.2, 0.25) is 5.91 Å². The number of carbonyl (C=O) groups is 1. The average molecular weight is 355 g/mol. The second-order valence-corrected chi connectivity index (χ2v) is 5.63. The maximum Gasteiger partial charge on any atom is 0.435 e. The van der Waals surface area contributed by atoms with Crippen LogP contribution in [-0.2, 0) is 11.0 Å². The molecule has 1 unspecified atom stereocenters. The lowest BCUT2D eigenvalue weighted by atomic mass is 10.0. The van der Waals surface area contributed by atoms with E-state index < -0.39 is 17.9 Å². The minimum Gasteiger partial charge on any atom is -0.341 e. The number of carbonyl (C=O) groups excluding carboxylic acids is 1. The Morgan fingerprint density at radius 2 is 2.04 bits per heavy atom. The Labute approximate surface area is 139 Å². The van der Waals surface area contributed by atoms with Crippen LogP contribution >= 0.6 is 12.4 Å². The largest absolute Gasteiger partial charge is 0.435 e. The molecule has 1 saturated heterocycles. The van der Waals surface area contributed by atoms with Gasteiger partial charge in [0.05, 0.1) is 12.1 Å². The van der Waals surface area contributed by atoms with E-state index in [4.69, 9.17) is 5.73 Å². The van der Waals surface area contributed by atoms with Gasteiger partial charge in [0.15, 0.2) is 5.69 Å². The summed E-state index contributed by atoms with van der Waals surface area (Å²) in [4.78, 5) is 13.8. The molecule has 2 N–H and O–H groups in total. The first-order valence-electron chi connectivity index (χ1n) is 7.49. The normalized spacial score (nSPS) is 17.7. The summed E-state index contributed by atoms with van der Waals surface area (Å²) in [5.41, 5.74) is 4.94. The molecule has 0 saturated carbocycles. The van der Waals surface area contributed by atoms with E-state index in [1.165, 1.54) is 10.9 Å². The SMILES string of the molecule is CCCC(N)C(=O)N1CCC(n2ccc(C(F)(F)F)n2)CC1.Cl. The summed E-state index contributed by atoms with van der Waals surface area (Å²) >= 11 is 0. The molecule has 0 aromatic carbocycles. The molecule has 1 aromatic rings. The van der Waals surface area contributed by atoms with E-state index in [1.54, 1.807) is 4.90 Å². The Kier molecular flexibility index (Phi) is 6.88. The van der Waals surface area contributed by atoms with Crippen LogP contribution in [-0.4, -0.2) is 39.7 Å². The molecule has 132 valence electrons. The van der Waals surface area contributed by atoms with Crippen LogP contribution in [0, 0.1) is 0 Å². The van der Waals surface area contributed by atoms with Crippen LogP contribution in [0.3, 0.4) is 0 Å². The summed E-state index contributed by atoms with van der Waals surface area (Å²) in [6.07, 6.45) is -0.403. The second-order valence-electron chi connectivity index (χ2n) is 5.63. The Morgan fingerprint density at radius 1 is 1.43 bits per heavy atom. The molecule has 5 nitrogen and oxygen atoms in total. The highest BCUT2D eigenvalue weighted by Gasteiger charge is 2.34. The standard InChI is InChI=1S/C14H21F3N4O.ClH/c1-2-3-11(18)13(22)20-7-4-10(5-8-20)21-9-6-12(19-21)14(15,16)17;/h6,9-11H,2-5,7-8,18H2,1H3;1H. The topological polar surface area (TPSA) is 64.2 Å². The number of nitrogens with two attached hydrogens (primary N) is 1. The van der Waals surface area contributed by atoms with Gasteiger partial charge in [-0.25, -0.2) is 0 Å². The number of halogens is 4. The highest BCUT2D eigenvalue weighted by molar-refractivity contribution is 5.85. The number of nitrogens with zero attached hydrogens (tertiary/aromatic N) is 3. The predicted octanol–water partition coefficient (Wildman–Crippen LogP) is 2.61. The van der Waals surface area contributed by atoms with Gasteiger partial charge in [-0.2, -0.15) is 18.3 Å². The van der Waals surface area contributed by atoms with Crippen LogP contribution in [0.1, 0.15) is 44.3 Å². The van der Waals surface area contributed by atoms with Gasteiger partial charge in [-0.05, 0) is 25.3 Å². The Hall–Kier alpha value is -1.28. The van der Waals surface area contributed by atoms with Crippen molar-refractivity contribution in [3.8, 4) is 0 Å². The smallest absolute Gasteiger partial charge is 0.341 e. The van der Waals surface area contributed by atoms with Crippen LogP contribution in [0.5, 0.6) is 0 Å². The van der Waals surface area contributed by atoms with Crippen LogP contribution in [0.4, 0.5) is 13.2 Å². The quantitative estimate of drug-likeness (QED) is 0.904. The lowest BCUT2D eigenvalue weighted by Gasteiger charge is -2.33.